The Kier molecular flexibility index (Phi) is 6.39. The molecule has 2 amide bonds. The number of anilines is 1. The fraction of sp³-hybridized carbons (Fsp3) is 0.211. The van der Waals surface area contributed by atoms with Gasteiger partial charge in [0.1, 0.15) is 5.82 Å². The van der Waals surface area contributed by atoms with Crippen LogP contribution >= 0.6 is 0 Å². The Morgan fingerprint density at radius 3 is 2.20 bits per heavy atom. The van der Waals surface area contributed by atoms with E-state index in [9.17, 15) is 14.0 Å². The van der Waals surface area contributed by atoms with Gasteiger partial charge < -0.3 is 5.32 Å². The van der Waals surface area contributed by atoms with Gasteiger partial charge >= 0.3 is 0 Å². The molecule has 0 aliphatic carbocycles. The molecule has 6 heteroatoms. The zero-order valence-corrected chi connectivity index (χ0v) is 14.2. The van der Waals surface area contributed by atoms with Gasteiger partial charge in [0.2, 0.25) is 11.8 Å². The number of halogens is 1. The minimum absolute atomic E-state index is 0.0257. The van der Waals surface area contributed by atoms with Gasteiger partial charge in [0, 0.05) is 18.5 Å². The number of aryl methyl sites for hydroxylation is 1. The average Bonchev–Trinajstić information content (AvgIpc) is 2.60. The van der Waals surface area contributed by atoms with E-state index in [-0.39, 0.29) is 30.5 Å². The summed E-state index contributed by atoms with van der Waals surface area (Å²) in [5.41, 5.74) is 5.46. The minimum Gasteiger partial charge on any atom is -0.326 e. The van der Waals surface area contributed by atoms with E-state index in [1.54, 1.807) is 19.1 Å². The van der Waals surface area contributed by atoms with Crippen LogP contribution in [0.4, 0.5) is 10.1 Å². The van der Waals surface area contributed by atoms with Crippen LogP contribution in [0.1, 0.15) is 30.9 Å². The van der Waals surface area contributed by atoms with Crippen molar-refractivity contribution in [2.24, 2.45) is 5.10 Å². The second-order valence-corrected chi connectivity index (χ2v) is 5.65. The number of hydrogen-bond donors (Lipinski definition) is 2. The van der Waals surface area contributed by atoms with Crippen LogP contribution in [-0.2, 0) is 9.59 Å². The summed E-state index contributed by atoms with van der Waals surface area (Å²) in [5.74, 6) is -0.932. The number of nitrogens with zero attached hydrogens (tertiary/aromatic N) is 1. The number of hydrazone groups is 1. The molecule has 0 saturated carbocycles. The largest absolute Gasteiger partial charge is 0.326 e. The van der Waals surface area contributed by atoms with Gasteiger partial charge in [0.15, 0.2) is 0 Å². The van der Waals surface area contributed by atoms with Gasteiger partial charge in [-0.3, -0.25) is 9.59 Å². The van der Waals surface area contributed by atoms with E-state index in [1.165, 1.54) is 12.1 Å². The lowest BCUT2D eigenvalue weighted by Gasteiger charge is -2.06. The Hall–Kier alpha value is -3.02. The molecule has 130 valence electrons. The van der Waals surface area contributed by atoms with E-state index in [4.69, 9.17) is 0 Å². The molecule has 25 heavy (non-hydrogen) atoms. The lowest BCUT2D eigenvalue weighted by atomic mass is 10.1. The molecule has 2 aromatic rings. The normalized spacial score (nSPS) is 11.1. The highest BCUT2D eigenvalue weighted by Crippen LogP contribution is 2.09. The van der Waals surface area contributed by atoms with Crippen LogP contribution in [0, 0.1) is 12.7 Å². The molecule has 2 N–H and O–H groups in total. The Morgan fingerprint density at radius 1 is 0.960 bits per heavy atom. The van der Waals surface area contributed by atoms with Crippen LogP contribution in [0.5, 0.6) is 0 Å². The predicted molar refractivity (Wildman–Crippen MR) is 95.8 cm³/mol. The van der Waals surface area contributed by atoms with Crippen LogP contribution in [0.15, 0.2) is 53.6 Å². The number of hydrogen-bond acceptors (Lipinski definition) is 3. The summed E-state index contributed by atoms with van der Waals surface area (Å²) in [6, 6.07) is 13.2. The van der Waals surface area contributed by atoms with Crippen molar-refractivity contribution >= 4 is 23.2 Å². The Labute approximate surface area is 145 Å². The van der Waals surface area contributed by atoms with Gasteiger partial charge in [-0.1, -0.05) is 29.8 Å². The summed E-state index contributed by atoms with van der Waals surface area (Å²) in [6.07, 6.45) is 0.0860. The van der Waals surface area contributed by atoms with E-state index in [0.29, 0.717) is 17.0 Å². The second-order valence-electron chi connectivity index (χ2n) is 5.65. The smallest absolute Gasteiger partial charge is 0.240 e. The first kappa shape index (κ1) is 18.3. The second kappa shape index (κ2) is 8.73. The van der Waals surface area contributed by atoms with E-state index < -0.39 is 0 Å². The maximum Gasteiger partial charge on any atom is 0.240 e. The standard InChI is InChI=1S/C19H20FN3O2/c1-13-3-9-17(10-4-13)21-18(24)11-12-19(25)23-22-14(2)15-5-7-16(20)8-6-15/h3-10H,11-12H2,1-2H3,(H,21,24)(H,23,25). The molecule has 0 aromatic heterocycles. The molecule has 0 saturated heterocycles. The fourth-order valence-electron chi connectivity index (χ4n) is 2.05. The van der Waals surface area contributed by atoms with Crippen molar-refractivity contribution in [1.29, 1.82) is 0 Å². The molecule has 0 unspecified atom stereocenters. The monoisotopic (exact) mass is 341 g/mol. The highest BCUT2D eigenvalue weighted by atomic mass is 19.1. The number of nitrogens with one attached hydrogen (secondary N) is 2. The molecular weight excluding hydrogens is 321 g/mol. The van der Waals surface area contributed by atoms with Crippen molar-refractivity contribution in [1.82, 2.24) is 5.43 Å². The number of carbonyl (C=O) groups is 2. The number of benzene rings is 2. The van der Waals surface area contributed by atoms with Gasteiger partial charge in [-0.05, 0) is 43.7 Å². The summed E-state index contributed by atoms with van der Waals surface area (Å²) in [7, 11) is 0. The third kappa shape index (κ3) is 6.18. The van der Waals surface area contributed by atoms with E-state index in [1.807, 2.05) is 31.2 Å². The third-order valence-electron chi connectivity index (χ3n) is 3.52. The first-order valence-corrected chi connectivity index (χ1v) is 7.89. The van der Waals surface area contributed by atoms with Gasteiger partial charge in [-0.2, -0.15) is 5.10 Å². The lowest BCUT2D eigenvalue weighted by molar-refractivity contribution is -0.124. The van der Waals surface area contributed by atoms with Crippen LogP contribution in [-0.4, -0.2) is 17.5 Å². The highest BCUT2D eigenvalue weighted by Gasteiger charge is 2.07. The summed E-state index contributed by atoms with van der Waals surface area (Å²) < 4.78 is 12.9. The highest BCUT2D eigenvalue weighted by molar-refractivity contribution is 5.99. The number of amides is 2. The first-order chi connectivity index (χ1) is 11.9. The quantitative estimate of drug-likeness (QED) is 0.624. The molecule has 2 aromatic carbocycles. The summed E-state index contributed by atoms with van der Waals surface area (Å²) in [5, 5.41) is 6.69. The lowest BCUT2D eigenvalue weighted by Crippen LogP contribution is -2.21. The Balaban J connectivity index is 1.77. The molecule has 2 rings (SSSR count). The van der Waals surface area contributed by atoms with Gasteiger partial charge in [-0.25, -0.2) is 9.82 Å². The van der Waals surface area contributed by atoms with Crippen LogP contribution in [0.3, 0.4) is 0 Å². The van der Waals surface area contributed by atoms with E-state index >= 15 is 0 Å². The SMILES string of the molecule is CC(=NNC(=O)CCC(=O)Nc1ccc(C)cc1)c1ccc(F)cc1. The third-order valence-corrected chi connectivity index (χ3v) is 3.52. The Morgan fingerprint density at radius 2 is 1.56 bits per heavy atom. The van der Waals surface area contributed by atoms with Gasteiger partial charge in [0.05, 0.1) is 5.71 Å². The zero-order valence-electron chi connectivity index (χ0n) is 14.2. The topological polar surface area (TPSA) is 70.6 Å². The van der Waals surface area contributed by atoms with Crippen molar-refractivity contribution in [3.8, 4) is 0 Å². The summed E-state index contributed by atoms with van der Waals surface area (Å²) >= 11 is 0. The van der Waals surface area contributed by atoms with Crippen LogP contribution in [0.2, 0.25) is 0 Å². The van der Waals surface area contributed by atoms with Crippen LogP contribution in [0.25, 0.3) is 0 Å². The van der Waals surface area contributed by atoms with Crippen molar-refractivity contribution in [3.05, 3.63) is 65.5 Å². The average molecular weight is 341 g/mol. The Bertz CT molecular complexity index is 768. The molecule has 0 aliphatic heterocycles. The molecule has 0 heterocycles. The molecule has 0 aliphatic rings. The van der Waals surface area contributed by atoms with Crippen molar-refractivity contribution in [2.75, 3.05) is 5.32 Å². The molecule has 0 spiro atoms. The zero-order chi connectivity index (χ0) is 18.2. The molecule has 0 bridgehead atoms. The molecule has 0 radical (unpaired) electrons. The first-order valence-electron chi connectivity index (χ1n) is 7.89. The molecular formula is C19H20FN3O2. The van der Waals surface area contributed by atoms with Crippen molar-refractivity contribution < 1.29 is 14.0 Å². The summed E-state index contributed by atoms with van der Waals surface area (Å²) in [6.45, 7) is 3.67. The van der Waals surface area contributed by atoms with Crippen molar-refractivity contribution in [3.63, 3.8) is 0 Å². The maximum absolute atomic E-state index is 12.9. The van der Waals surface area contributed by atoms with Gasteiger partial charge in [-0.15, -0.1) is 0 Å². The summed E-state index contributed by atoms with van der Waals surface area (Å²) in [4.78, 5) is 23.6. The van der Waals surface area contributed by atoms with Crippen LogP contribution < -0.4 is 10.7 Å². The van der Waals surface area contributed by atoms with E-state index in [0.717, 1.165) is 5.56 Å². The molecule has 0 atom stereocenters. The molecule has 5 nitrogen and oxygen atoms in total. The number of carbonyl (C=O) groups excluding carboxylic acids is 2. The predicted octanol–water partition coefficient (Wildman–Crippen LogP) is 3.39. The molecule has 0 fully saturated rings. The maximum atomic E-state index is 12.9. The minimum atomic E-state index is -0.361. The van der Waals surface area contributed by atoms with Gasteiger partial charge in [0.25, 0.3) is 0 Å². The number of rotatable bonds is 6. The van der Waals surface area contributed by atoms with Crippen molar-refractivity contribution in [2.45, 2.75) is 26.7 Å². The fourth-order valence-corrected chi connectivity index (χ4v) is 2.05. The van der Waals surface area contributed by atoms with E-state index in [2.05, 4.69) is 15.8 Å².